The average Bonchev–Trinajstić information content (AvgIpc) is 2.91. The minimum atomic E-state index is 0.448. The van der Waals surface area contributed by atoms with Gasteiger partial charge in [0.25, 0.3) is 0 Å². The number of hydrogen-bond donors (Lipinski definition) is 1. The van der Waals surface area contributed by atoms with Gasteiger partial charge in [-0.3, -0.25) is 0 Å². The van der Waals surface area contributed by atoms with Crippen molar-refractivity contribution in [2.24, 2.45) is 0 Å². The molecular weight excluding hydrogens is 226 g/mol. The van der Waals surface area contributed by atoms with Crippen molar-refractivity contribution in [1.82, 2.24) is 10.2 Å². The summed E-state index contributed by atoms with van der Waals surface area (Å²) in [6.07, 6.45) is 0.691. The second-order valence-corrected chi connectivity index (χ2v) is 4.21. The molecule has 0 fully saturated rings. The fraction of sp³-hybridized carbons (Fsp3) is 0.400. The average molecular weight is 239 g/mol. The van der Waals surface area contributed by atoms with Gasteiger partial charge in [0.05, 0.1) is 13.0 Å². The summed E-state index contributed by atoms with van der Waals surface area (Å²) in [5, 5.41) is 12.9. The van der Waals surface area contributed by atoms with Crippen LogP contribution in [-0.4, -0.2) is 30.5 Å². The summed E-state index contributed by atoms with van der Waals surface area (Å²) in [7, 11) is 1.65. The molecule has 16 heavy (non-hydrogen) atoms. The molecule has 2 aromatic heterocycles. The van der Waals surface area contributed by atoms with Gasteiger partial charge in [0.2, 0.25) is 5.89 Å². The Morgan fingerprint density at radius 2 is 2.44 bits per heavy atom. The number of aromatic nitrogens is 2. The molecule has 0 aromatic carbocycles. The largest absolute Gasteiger partial charge is 0.408 e. The number of hydrogen-bond acceptors (Lipinski definition) is 6. The summed E-state index contributed by atoms with van der Waals surface area (Å²) in [4.78, 5) is 1.21. The van der Waals surface area contributed by atoms with Crippen LogP contribution in [-0.2, 0) is 11.2 Å². The summed E-state index contributed by atoms with van der Waals surface area (Å²) in [6, 6.07) is 4.50. The first-order chi connectivity index (χ1) is 7.88. The quantitative estimate of drug-likeness (QED) is 0.779. The number of thiophene rings is 1. The molecule has 0 atom stereocenters. The summed E-state index contributed by atoms with van der Waals surface area (Å²) < 4.78 is 10.3. The van der Waals surface area contributed by atoms with Gasteiger partial charge in [-0.25, -0.2) is 0 Å². The van der Waals surface area contributed by atoms with Crippen LogP contribution in [0.3, 0.4) is 0 Å². The Morgan fingerprint density at radius 1 is 1.50 bits per heavy atom. The molecule has 2 heterocycles. The highest BCUT2D eigenvalue weighted by molar-refractivity contribution is 7.09. The molecule has 0 saturated carbocycles. The van der Waals surface area contributed by atoms with Crippen molar-refractivity contribution in [1.29, 1.82) is 0 Å². The number of rotatable bonds is 6. The molecule has 0 unspecified atom stereocenters. The summed E-state index contributed by atoms with van der Waals surface area (Å²) in [6.45, 7) is 1.28. The molecule has 2 aromatic rings. The fourth-order valence-electron chi connectivity index (χ4n) is 1.22. The zero-order valence-electron chi connectivity index (χ0n) is 8.97. The van der Waals surface area contributed by atoms with Gasteiger partial charge < -0.3 is 14.5 Å². The molecule has 2 rings (SSSR count). The molecule has 86 valence electrons. The van der Waals surface area contributed by atoms with Gasteiger partial charge in [0, 0.05) is 18.5 Å². The smallest absolute Gasteiger partial charge is 0.315 e. The van der Waals surface area contributed by atoms with Gasteiger partial charge in [-0.1, -0.05) is 11.2 Å². The molecule has 0 radical (unpaired) electrons. The Labute approximate surface area is 97.5 Å². The predicted molar refractivity (Wildman–Crippen MR) is 61.8 cm³/mol. The molecule has 0 saturated heterocycles. The minimum absolute atomic E-state index is 0.448. The van der Waals surface area contributed by atoms with Crippen LogP contribution in [0.4, 0.5) is 6.01 Å². The van der Waals surface area contributed by atoms with E-state index in [-0.39, 0.29) is 0 Å². The number of methoxy groups -OCH3 is 1. The zero-order chi connectivity index (χ0) is 11.2. The van der Waals surface area contributed by atoms with Crippen molar-refractivity contribution in [3.8, 4) is 0 Å². The van der Waals surface area contributed by atoms with Crippen LogP contribution in [0.25, 0.3) is 0 Å². The van der Waals surface area contributed by atoms with E-state index in [0.717, 1.165) is 0 Å². The number of anilines is 1. The Morgan fingerprint density at radius 3 is 3.19 bits per heavy atom. The molecule has 0 aliphatic carbocycles. The van der Waals surface area contributed by atoms with Crippen LogP contribution in [0.2, 0.25) is 0 Å². The summed E-state index contributed by atoms with van der Waals surface area (Å²) in [5.74, 6) is 0.627. The van der Waals surface area contributed by atoms with Crippen LogP contribution in [0.5, 0.6) is 0 Å². The molecule has 0 aliphatic heterocycles. The highest BCUT2D eigenvalue weighted by Gasteiger charge is 2.06. The maximum absolute atomic E-state index is 5.42. The van der Waals surface area contributed by atoms with Gasteiger partial charge in [0.15, 0.2) is 0 Å². The highest BCUT2D eigenvalue weighted by atomic mass is 32.1. The Bertz CT molecular complexity index is 413. The van der Waals surface area contributed by atoms with Crippen LogP contribution < -0.4 is 5.32 Å². The van der Waals surface area contributed by atoms with E-state index in [0.29, 0.717) is 31.5 Å². The second kappa shape index (κ2) is 5.62. The molecular formula is C10H13N3O2S. The van der Waals surface area contributed by atoms with Crippen molar-refractivity contribution in [2.45, 2.75) is 6.42 Å². The predicted octanol–water partition coefficient (Wildman–Crippen LogP) is 1.78. The van der Waals surface area contributed by atoms with Gasteiger partial charge in [-0.05, 0) is 11.4 Å². The lowest BCUT2D eigenvalue weighted by molar-refractivity contribution is 0.210. The van der Waals surface area contributed by atoms with Gasteiger partial charge in [0.1, 0.15) is 0 Å². The van der Waals surface area contributed by atoms with E-state index in [9.17, 15) is 0 Å². The molecule has 0 bridgehead atoms. The number of nitrogens with one attached hydrogen (secondary N) is 1. The lowest BCUT2D eigenvalue weighted by Gasteiger charge is -1.98. The number of ether oxygens (including phenoxy) is 1. The third kappa shape index (κ3) is 3.04. The van der Waals surface area contributed by atoms with E-state index in [1.54, 1.807) is 18.4 Å². The van der Waals surface area contributed by atoms with Crippen LogP contribution >= 0.6 is 11.3 Å². The lowest BCUT2D eigenvalue weighted by Crippen LogP contribution is -2.07. The van der Waals surface area contributed by atoms with Crippen molar-refractivity contribution in [3.63, 3.8) is 0 Å². The fourth-order valence-corrected chi connectivity index (χ4v) is 1.91. The first kappa shape index (κ1) is 11.1. The van der Waals surface area contributed by atoms with Crippen molar-refractivity contribution >= 4 is 17.4 Å². The van der Waals surface area contributed by atoms with E-state index >= 15 is 0 Å². The minimum Gasteiger partial charge on any atom is -0.408 e. The van der Waals surface area contributed by atoms with E-state index in [1.165, 1.54) is 4.88 Å². The van der Waals surface area contributed by atoms with Crippen molar-refractivity contribution in [2.75, 3.05) is 25.6 Å². The normalized spacial score (nSPS) is 10.6. The standard InChI is InChI=1S/C10H13N3O2S/c1-14-5-4-11-10-13-12-9(15-10)7-8-3-2-6-16-8/h2-3,6H,4-5,7H2,1H3,(H,11,13). The monoisotopic (exact) mass is 239 g/mol. The van der Waals surface area contributed by atoms with Crippen molar-refractivity contribution < 1.29 is 9.15 Å². The Hall–Kier alpha value is -1.40. The molecule has 0 aliphatic rings. The summed E-state index contributed by atoms with van der Waals surface area (Å²) >= 11 is 1.68. The molecule has 1 N–H and O–H groups in total. The lowest BCUT2D eigenvalue weighted by atomic mass is 10.3. The topological polar surface area (TPSA) is 60.2 Å². The highest BCUT2D eigenvalue weighted by Crippen LogP contribution is 2.15. The first-order valence-corrected chi connectivity index (χ1v) is 5.84. The van der Waals surface area contributed by atoms with Gasteiger partial charge >= 0.3 is 6.01 Å². The second-order valence-electron chi connectivity index (χ2n) is 3.18. The third-order valence-corrected chi connectivity index (χ3v) is 2.83. The van der Waals surface area contributed by atoms with E-state index in [2.05, 4.69) is 15.5 Å². The molecule has 6 heteroatoms. The van der Waals surface area contributed by atoms with Crippen molar-refractivity contribution in [3.05, 3.63) is 28.3 Å². The van der Waals surface area contributed by atoms with E-state index in [4.69, 9.17) is 9.15 Å². The van der Waals surface area contributed by atoms with Gasteiger partial charge in [-0.15, -0.1) is 16.4 Å². The maximum atomic E-state index is 5.42. The van der Waals surface area contributed by atoms with Crippen LogP contribution in [0.1, 0.15) is 10.8 Å². The van der Waals surface area contributed by atoms with E-state index in [1.807, 2.05) is 17.5 Å². The molecule has 5 nitrogen and oxygen atoms in total. The zero-order valence-corrected chi connectivity index (χ0v) is 9.79. The van der Waals surface area contributed by atoms with Gasteiger partial charge in [-0.2, -0.15) is 0 Å². The Kier molecular flexibility index (Phi) is 3.90. The summed E-state index contributed by atoms with van der Waals surface area (Å²) in [5.41, 5.74) is 0. The van der Waals surface area contributed by atoms with Crippen LogP contribution in [0.15, 0.2) is 21.9 Å². The maximum Gasteiger partial charge on any atom is 0.315 e. The molecule has 0 amide bonds. The third-order valence-electron chi connectivity index (χ3n) is 1.95. The van der Waals surface area contributed by atoms with Crippen LogP contribution in [0, 0.1) is 0 Å². The Balaban J connectivity index is 1.87. The van der Waals surface area contributed by atoms with E-state index < -0.39 is 0 Å². The first-order valence-electron chi connectivity index (χ1n) is 4.96. The molecule has 0 spiro atoms. The number of nitrogens with zero attached hydrogens (tertiary/aromatic N) is 2. The SMILES string of the molecule is COCCNc1nnc(Cc2cccs2)o1.